The summed E-state index contributed by atoms with van der Waals surface area (Å²) in [5, 5.41) is 2.52. The number of fused-ring (bicyclic) bond motifs is 7. The predicted molar refractivity (Wildman–Crippen MR) is 204 cm³/mol. The van der Waals surface area contributed by atoms with Crippen LogP contribution in [0.1, 0.15) is 54.5 Å². The third-order valence-electron chi connectivity index (χ3n) is 11.4. The Kier molecular flexibility index (Phi) is 6.71. The van der Waals surface area contributed by atoms with E-state index in [1.807, 2.05) is 0 Å². The van der Waals surface area contributed by atoms with E-state index < -0.39 is 5.41 Å². The van der Waals surface area contributed by atoms with Gasteiger partial charge in [0.1, 0.15) is 0 Å². The summed E-state index contributed by atoms with van der Waals surface area (Å²) in [5.41, 5.74) is 12.8. The molecule has 2 nitrogen and oxygen atoms in total. The quantitative estimate of drug-likeness (QED) is 0.171. The Morgan fingerprint density at radius 2 is 1.12 bits per heavy atom. The first kappa shape index (κ1) is 29.4. The van der Waals surface area contributed by atoms with Crippen LogP contribution in [0, 0.1) is 0 Å². The summed E-state index contributed by atoms with van der Waals surface area (Å²) in [6.45, 7) is 9.39. The molecule has 0 amide bonds. The molecule has 2 heteroatoms. The van der Waals surface area contributed by atoms with Crippen molar-refractivity contribution in [3.05, 3.63) is 198 Å². The standard InChI is InChI=1S/C47H39N2/c1-4-46(5-2)33(3)38-29-28-37(32-40(38)45-39-23-13-12-18-34(39)30-31-48(45)46)49-43-26-16-14-24-41(43)47(35-19-8-6-9-20-35,36-21-10-7-11-22-36)42-25-15-17-27-44(42)49/h6-32H,3-5H2,1-2H3/q+1. The maximum atomic E-state index is 4.80. The molecule has 1 aromatic heterocycles. The van der Waals surface area contributed by atoms with Crippen LogP contribution in [0.4, 0.5) is 17.1 Å². The average Bonchev–Trinajstić information content (AvgIpc) is 3.17. The van der Waals surface area contributed by atoms with Crippen molar-refractivity contribution in [3.8, 4) is 11.3 Å². The number of hydrogen-bond donors (Lipinski definition) is 0. The van der Waals surface area contributed by atoms with Gasteiger partial charge in [-0.1, -0.05) is 142 Å². The highest BCUT2D eigenvalue weighted by molar-refractivity contribution is 5.99. The summed E-state index contributed by atoms with van der Waals surface area (Å²) in [6.07, 6.45) is 4.26. The Hall–Kier alpha value is -5.73. The van der Waals surface area contributed by atoms with Crippen molar-refractivity contribution in [1.82, 2.24) is 0 Å². The van der Waals surface area contributed by atoms with Crippen LogP contribution >= 0.6 is 0 Å². The number of para-hydroxylation sites is 2. The Labute approximate surface area is 289 Å². The molecule has 9 rings (SSSR count). The number of benzene rings is 6. The minimum Gasteiger partial charge on any atom is -0.310 e. The van der Waals surface area contributed by atoms with E-state index in [1.54, 1.807) is 0 Å². The van der Waals surface area contributed by atoms with Crippen LogP contribution < -0.4 is 9.47 Å². The number of rotatable bonds is 5. The van der Waals surface area contributed by atoms with E-state index in [1.165, 1.54) is 66.8 Å². The van der Waals surface area contributed by atoms with Gasteiger partial charge in [-0.3, -0.25) is 0 Å². The zero-order valence-electron chi connectivity index (χ0n) is 28.1. The van der Waals surface area contributed by atoms with Gasteiger partial charge in [-0.05, 0) is 63.5 Å². The van der Waals surface area contributed by atoms with E-state index in [0.717, 1.165) is 18.5 Å². The number of nitrogens with zero attached hydrogens (tertiary/aromatic N) is 2. The highest BCUT2D eigenvalue weighted by Crippen LogP contribution is 2.58. The Balaban J connectivity index is 1.34. The van der Waals surface area contributed by atoms with Crippen molar-refractivity contribution < 1.29 is 4.57 Å². The molecule has 0 fully saturated rings. The van der Waals surface area contributed by atoms with Gasteiger partial charge in [0.2, 0.25) is 5.69 Å². The van der Waals surface area contributed by atoms with Crippen molar-refractivity contribution in [2.24, 2.45) is 0 Å². The summed E-state index contributed by atoms with van der Waals surface area (Å²) >= 11 is 0. The molecule has 0 saturated heterocycles. The fourth-order valence-electron chi connectivity index (χ4n) is 9.08. The normalized spacial score (nSPS) is 15.2. The molecule has 0 aliphatic carbocycles. The van der Waals surface area contributed by atoms with Crippen LogP contribution in [0.2, 0.25) is 0 Å². The summed E-state index contributed by atoms with van der Waals surface area (Å²) in [7, 11) is 0. The monoisotopic (exact) mass is 631 g/mol. The van der Waals surface area contributed by atoms with Crippen LogP contribution in [-0.2, 0) is 11.0 Å². The van der Waals surface area contributed by atoms with Crippen molar-refractivity contribution in [2.45, 2.75) is 37.6 Å². The highest BCUT2D eigenvalue weighted by atomic mass is 15.2. The van der Waals surface area contributed by atoms with Crippen LogP contribution in [0.15, 0.2) is 171 Å². The molecule has 0 spiro atoms. The Morgan fingerprint density at radius 1 is 0.571 bits per heavy atom. The molecule has 0 atom stereocenters. The lowest BCUT2D eigenvalue weighted by Gasteiger charge is -2.46. The molecule has 0 radical (unpaired) electrons. The number of aromatic nitrogens is 1. The van der Waals surface area contributed by atoms with Gasteiger partial charge in [-0.15, -0.1) is 0 Å². The van der Waals surface area contributed by atoms with E-state index in [4.69, 9.17) is 6.58 Å². The van der Waals surface area contributed by atoms with Gasteiger partial charge in [0.05, 0.1) is 27.7 Å². The fraction of sp³-hybridized carbons (Fsp3) is 0.128. The van der Waals surface area contributed by atoms with Crippen molar-refractivity contribution in [3.63, 3.8) is 0 Å². The SMILES string of the molecule is C=C1c2ccc(N3c4ccccc4C(c4ccccc4)(c4ccccc4)c4ccccc43)cc2-c2c3ccccc3cc[n+]2C1(CC)CC. The first-order chi connectivity index (χ1) is 24.1. The maximum absolute atomic E-state index is 4.80. The number of hydrogen-bond acceptors (Lipinski definition) is 1. The van der Waals surface area contributed by atoms with Crippen molar-refractivity contribution in [1.29, 1.82) is 0 Å². The molecule has 0 N–H and O–H groups in total. The Morgan fingerprint density at radius 3 is 1.73 bits per heavy atom. The van der Waals surface area contributed by atoms with Crippen LogP contribution in [0.3, 0.4) is 0 Å². The fourth-order valence-corrected chi connectivity index (χ4v) is 9.08. The molecule has 2 aliphatic rings. The minimum absolute atomic E-state index is 0.177. The molecule has 0 saturated carbocycles. The molecular weight excluding hydrogens is 593 g/mol. The predicted octanol–water partition coefficient (Wildman–Crippen LogP) is 11.5. The average molecular weight is 632 g/mol. The van der Waals surface area contributed by atoms with Crippen molar-refractivity contribution >= 4 is 33.4 Å². The molecule has 3 heterocycles. The topological polar surface area (TPSA) is 7.12 Å². The van der Waals surface area contributed by atoms with E-state index in [2.05, 4.69) is 187 Å². The largest absolute Gasteiger partial charge is 0.310 e. The smallest absolute Gasteiger partial charge is 0.221 e. The van der Waals surface area contributed by atoms with Gasteiger partial charge < -0.3 is 4.90 Å². The molecule has 7 aromatic rings. The van der Waals surface area contributed by atoms with E-state index in [9.17, 15) is 0 Å². The molecule has 49 heavy (non-hydrogen) atoms. The van der Waals surface area contributed by atoms with Crippen LogP contribution in [0.25, 0.3) is 27.6 Å². The number of pyridine rings is 1. The van der Waals surface area contributed by atoms with Gasteiger partial charge in [-0.2, -0.15) is 4.57 Å². The first-order valence-electron chi connectivity index (χ1n) is 17.5. The van der Waals surface area contributed by atoms with Gasteiger partial charge in [0.15, 0.2) is 11.7 Å². The lowest BCUT2D eigenvalue weighted by Crippen LogP contribution is -2.59. The van der Waals surface area contributed by atoms with Gasteiger partial charge in [0.25, 0.3) is 0 Å². The second kappa shape index (κ2) is 11.2. The second-order valence-electron chi connectivity index (χ2n) is 13.4. The molecule has 2 aliphatic heterocycles. The third-order valence-corrected chi connectivity index (χ3v) is 11.4. The second-order valence-corrected chi connectivity index (χ2v) is 13.4. The molecule has 0 unspecified atom stereocenters. The van der Waals surface area contributed by atoms with E-state index >= 15 is 0 Å². The third kappa shape index (κ3) is 3.98. The van der Waals surface area contributed by atoms with Gasteiger partial charge in [0, 0.05) is 30.2 Å². The van der Waals surface area contributed by atoms with Crippen LogP contribution in [0.5, 0.6) is 0 Å². The van der Waals surface area contributed by atoms with E-state index in [-0.39, 0.29) is 5.54 Å². The number of anilines is 3. The maximum Gasteiger partial charge on any atom is 0.221 e. The highest BCUT2D eigenvalue weighted by Gasteiger charge is 2.49. The van der Waals surface area contributed by atoms with Gasteiger partial charge >= 0.3 is 0 Å². The Bertz CT molecular complexity index is 2300. The van der Waals surface area contributed by atoms with Crippen LogP contribution in [-0.4, -0.2) is 0 Å². The van der Waals surface area contributed by atoms with Gasteiger partial charge in [-0.25, -0.2) is 0 Å². The summed E-state index contributed by atoms with van der Waals surface area (Å²) in [5.74, 6) is 0. The molecule has 236 valence electrons. The lowest BCUT2D eigenvalue weighted by molar-refractivity contribution is -0.740. The molecular formula is C47H39N2+. The zero-order valence-corrected chi connectivity index (χ0v) is 28.1. The first-order valence-corrected chi connectivity index (χ1v) is 17.5. The molecule has 6 aromatic carbocycles. The molecule has 0 bridgehead atoms. The summed E-state index contributed by atoms with van der Waals surface area (Å²) in [4.78, 5) is 2.48. The van der Waals surface area contributed by atoms with Crippen molar-refractivity contribution in [2.75, 3.05) is 4.90 Å². The van der Waals surface area contributed by atoms with E-state index in [0.29, 0.717) is 0 Å². The summed E-state index contributed by atoms with van der Waals surface area (Å²) in [6, 6.07) is 58.2. The zero-order chi connectivity index (χ0) is 33.2. The summed E-state index contributed by atoms with van der Waals surface area (Å²) < 4.78 is 2.53. The number of allylic oxidation sites excluding steroid dienone is 1. The lowest BCUT2D eigenvalue weighted by atomic mass is 9.62. The minimum atomic E-state index is -0.491.